The molecule has 102 valence electrons. The summed E-state index contributed by atoms with van der Waals surface area (Å²) in [6.07, 6.45) is 6.18. The van der Waals surface area contributed by atoms with Gasteiger partial charge >= 0.3 is 0 Å². The van der Waals surface area contributed by atoms with Gasteiger partial charge in [-0.3, -0.25) is 0 Å². The van der Waals surface area contributed by atoms with E-state index in [0.29, 0.717) is 4.47 Å². The number of halogens is 2. The summed E-state index contributed by atoms with van der Waals surface area (Å²) in [5.41, 5.74) is 0.799. The monoisotopic (exact) mass is 323 g/mol. The van der Waals surface area contributed by atoms with Gasteiger partial charge in [0.2, 0.25) is 0 Å². The van der Waals surface area contributed by atoms with Gasteiger partial charge in [0.1, 0.15) is 5.82 Å². The lowest BCUT2D eigenvalue weighted by molar-refractivity contribution is 0.205. The average molecular weight is 324 g/mol. The minimum Gasteiger partial charge on any atom is -0.206 e. The fraction of sp³-hybridized carbons (Fsp3) is 0.562. The van der Waals surface area contributed by atoms with Crippen molar-refractivity contribution in [1.82, 2.24) is 0 Å². The molecule has 0 atom stereocenters. The molecule has 0 unspecified atom stereocenters. The normalized spacial score (nSPS) is 26.9. The van der Waals surface area contributed by atoms with E-state index in [1.165, 1.54) is 12.5 Å². The highest BCUT2D eigenvalue weighted by Gasteiger charge is 2.35. The molecule has 3 heteroatoms. The summed E-state index contributed by atoms with van der Waals surface area (Å²) >= 11 is 3.21. The number of rotatable bonds is 3. The van der Waals surface area contributed by atoms with Crippen molar-refractivity contribution in [1.29, 1.82) is 5.26 Å². The van der Waals surface area contributed by atoms with E-state index in [2.05, 4.69) is 28.9 Å². The summed E-state index contributed by atoms with van der Waals surface area (Å²) in [5.74, 6) is 0.533. The molecule has 1 aromatic carbocycles. The summed E-state index contributed by atoms with van der Waals surface area (Å²) in [6, 6.07) is 7.61. The minimum absolute atomic E-state index is 0.246. The molecular formula is C16H19BrFN. The molecule has 0 heterocycles. The molecule has 1 saturated carbocycles. The molecule has 0 aliphatic heterocycles. The highest BCUT2D eigenvalue weighted by Crippen LogP contribution is 2.42. The molecule has 0 saturated heterocycles. The summed E-state index contributed by atoms with van der Waals surface area (Å²) in [5, 5.41) is 9.55. The zero-order valence-corrected chi connectivity index (χ0v) is 12.8. The van der Waals surface area contributed by atoms with E-state index >= 15 is 0 Å². The Balaban J connectivity index is 2.11. The molecule has 2 rings (SSSR count). The van der Waals surface area contributed by atoms with Gasteiger partial charge < -0.3 is 0 Å². The van der Waals surface area contributed by atoms with Crippen LogP contribution in [0.3, 0.4) is 0 Å². The van der Waals surface area contributed by atoms with Crippen LogP contribution in [0.2, 0.25) is 0 Å². The van der Waals surface area contributed by atoms with Gasteiger partial charge in [-0.2, -0.15) is 5.26 Å². The van der Waals surface area contributed by atoms with Gasteiger partial charge in [-0.1, -0.05) is 19.4 Å². The van der Waals surface area contributed by atoms with Gasteiger partial charge in [-0.25, -0.2) is 4.39 Å². The van der Waals surface area contributed by atoms with Crippen LogP contribution in [0.25, 0.3) is 0 Å². The predicted octanol–water partition coefficient (Wildman–Crippen LogP) is 5.24. The molecule has 1 fully saturated rings. The van der Waals surface area contributed by atoms with Gasteiger partial charge in [-0.05, 0) is 71.6 Å². The average Bonchev–Trinajstić information content (AvgIpc) is 2.44. The SMILES string of the molecule is CCC1CCC(C#N)(Cc2ccc(F)c(Br)c2)CC1. The Morgan fingerprint density at radius 3 is 2.63 bits per heavy atom. The molecule has 0 spiro atoms. The molecule has 1 aliphatic carbocycles. The van der Waals surface area contributed by atoms with Crippen molar-refractivity contribution in [2.24, 2.45) is 11.3 Å². The third kappa shape index (κ3) is 3.36. The van der Waals surface area contributed by atoms with Crippen LogP contribution in [0.5, 0.6) is 0 Å². The van der Waals surface area contributed by atoms with Crippen molar-refractivity contribution in [2.45, 2.75) is 45.4 Å². The minimum atomic E-state index is -0.247. The van der Waals surface area contributed by atoms with E-state index in [-0.39, 0.29) is 11.2 Å². The maximum Gasteiger partial charge on any atom is 0.137 e. The van der Waals surface area contributed by atoms with Crippen molar-refractivity contribution in [3.8, 4) is 6.07 Å². The molecular weight excluding hydrogens is 305 g/mol. The molecule has 0 bridgehead atoms. The fourth-order valence-electron chi connectivity index (χ4n) is 3.01. The van der Waals surface area contributed by atoms with Crippen molar-refractivity contribution >= 4 is 15.9 Å². The quantitative estimate of drug-likeness (QED) is 0.746. The summed E-state index contributed by atoms with van der Waals surface area (Å²) in [6.45, 7) is 2.22. The Kier molecular flexibility index (Phi) is 4.62. The number of nitriles is 1. The molecule has 0 amide bonds. The maximum absolute atomic E-state index is 13.2. The molecule has 0 aromatic heterocycles. The molecule has 19 heavy (non-hydrogen) atoms. The molecule has 0 radical (unpaired) electrons. The predicted molar refractivity (Wildman–Crippen MR) is 78.1 cm³/mol. The Morgan fingerprint density at radius 2 is 2.11 bits per heavy atom. The topological polar surface area (TPSA) is 23.8 Å². The highest BCUT2D eigenvalue weighted by molar-refractivity contribution is 9.10. The van der Waals surface area contributed by atoms with Gasteiger partial charge in [0.05, 0.1) is 16.0 Å². The van der Waals surface area contributed by atoms with Gasteiger partial charge in [0, 0.05) is 0 Å². The third-order valence-corrected chi connectivity index (χ3v) is 5.01. The number of nitrogens with zero attached hydrogens (tertiary/aromatic N) is 1. The van der Waals surface area contributed by atoms with Crippen LogP contribution < -0.4 is 0 Å². The van der Waals surface area contributed by atoms with E-state index in [1.54, 1.807) is 12.1 Å². The van der Waals surface area contributed by atoms with Crippen molar-refractivity contribution in [3.05, 3.63) is 34.1 Å². The second kappa shape index (κ2) is 6.05. The van der Waals surface area contributed by atoms with Crippen LogP contribution in [0.1, 0.15) is 44.6 Å². The Bertz CT molecular complexity index is 484. The second-order valence-corrected chi connectivity index (χ2v) is 6.52. The Morgan fingerprint density at radius 1 is 1.42 bits per heavy atom. The van der Waals surface area contributed by atoms with Crippen LogP contribution in [0.4, 0.5) is 4.39 Å². The summed E-state index contributed by atoms with van der Waals surface area (Å²) in [4.78, 5) is 0. The lowest BCUT2D eigenvalue weighted by atomic mass is 9.68. The van der Waals surface area contributed by atoms with Gasteiger partial charge in [0.15, 0.2) is 0 Å². The first kappa shape index (κ1) is 14.5. The lowest BCUT2D eigenvalue weighted by Crippen LogP contribution is -2.28. The zero-order chi connectivity index (χ0) is 13.9. The summed E-state index contributed by atoms with van der Waals surface area (Å²) in [7, 11) is 0. The van der Waals surface area contributed by atoms with Crippen LogP contribution in [0.15, 0.2) is 22.7 Å². The van der Waals surface area contributed by atoms with Crippen molar-refractivity contribution in [3.63, 3.8) is 0 Å². The lowest BCUT2D eigenvalue weighted by Gasteiger charge is -2.34. The molecule has 1 aromatic rings. The van der Waals surface area contributed by atoms with Crippen LogP contribution in [-0.2, 0) is 6.42 Å². The van der Waals surface area contributed by atoms with Crippen LogP contribution >= 0.6 is 15.9 Å². The van der Waals surface area contributed by atoms with E-state index < -0.39 is 0 Å². The van der Waals surface area contributed by atoms with E-state index in [1.807, 2.05) is 0 Å². The van der Waals surface area contributed by atoms with Crippen molar-refractivity contribution in [2.75, 3.05) is 0 Å². The first-order valence-electron chi connectivity index (χ1n) is 6.94. The van der Waals surface area contributed by atoms with E-state index in [4.69, 9.17) is 0 Å². The molecule has 1 aliphatic rings. The number of hydrogen-bond donors (Lipinski definition) is 0. The van der Waals surface area contributed by atoms with Crippen LogP contribution in [-0.4, -0.2) is 0 Å². The highest BCUT2D eigenvalue weighted by atomic mass is 79.9. The van der Waals surface area contributed by atoms with Gasteiger partial charge in [-0.15, -0.1) is 0 Å². The molecule has 0 N–H and O–H groups in total. The van der Waals surface area contributed by atoms with Crippen molar-refractivity contribution < 1.29 is 4.39 Å². The fourth-order valence-corrected chi connectivity index (χ4v) is 3.43. The smallest absolute Gasteiger partial charge is 0.137 e. The number of hydrogen-bond acceptors (Lipinski definition) is 1. The Labute approximate surface area is 123 Å². The molecule has 1 nitrogen and oxygen atoms in total. The van der Waals surface area contributed by atoms with Gasteiger partial charge in [0.25, 0.3) is 0 Å². The Hall–Kier alpha value is -0.880. The van der Waals surface area contributed by atoms with Crippen LogP contribution in [0, 0.1) is 28.5 Å². The summed E-state index contributed by atoms with van der Waals surface area (Å²) < 4.78 is 13.7. The largest absolute Gasteiger partial charge is 0.206 e. The van der Waals surface area contributed by atoms with E-state index in [0.717, 1.165) is 43.6 Å². The first-order valence-corrected chi connectivity index (χ1v) is 7.73. The first-order chi connectivity index (χ1) is 9.08. The standard InChI is InChI=1S/C16H19BrFN/c1-2-12-5-7-16(11-19,8-6-12)10-13-3-4-15(18)14(17)9-13/h3-4,9,12H,2,5-8,10H2,1H3. The maximum atomic E-state index is 13.2. The third-order valence-electron chi connectivity index (χ3n) is 4.40. The number of benzene rings is 1. The zero-order valence-electron chi connectivity index (χ0n) is 11.3. The van der Waals surface area contributed by atoms with E-state index in [9.17, 15) is 9.65 Å². The second-order valence-electron chi connectivity index (χ2n) is 5.67.